The molecule has 1 aromatic heterocycles. The number of sulfonamides is 1. The zero-order valence-corrected chi connectivity index (χ0v) is 20.2. The molecule has 0 N–H and O–H groups in total. The molecule has 32 heavy (non-hydrogen) atoms. The van der Waals surface area contributed by atoms with Gasteiger partial charge in [-0.25, -0.2) is 12.7 Å². The Bertz CT molecular complexity index is 1200. The highest BCUT2D eigenvalue weighted by Crippen LogP contribution is 2.53. The Morgan fingerprint density at radius 3 is 2.56 bits per heavy atom. The maximum absolute atomic E-state index is 13.2. The van der Waals surface area contributed by atoms with E-state index in [0.717, 1.165) is 36.1 Å². The maximum Gasteiger partial charge on any atom is 0.259 e. The van der Waals surface area contributed by atoms with Gasteiger partial charge in [0.05, 0.1) is 23.2 Å². The highest BCUT2D eigenvalue weighted by Gasteiger charge is 2.54. The lowest BCUT2D eigenvalue weighted by Gasteiger charge is -2.58. The number of aromatic nitrogens is 1. The van der Waals surface area contributed by atoms with Crippen LogP contribution in [-0.2, 0) is 22.0 Å². The van der Waals surface area contributed by atoms with Crippen LogP contribution in [0.15, 0.2) is 36.7 Å². The van der Waals surface area contributed by atoms with E-state index in [4.69, 9.17) is 11.6 Å². The molecular formula is C24H28ClN3O3S. The van der Waals surface area contributed by atoms with Gasteiger partial charge in [-0.3, -0.25) is 14.7 Å². The monoisotopic (exact) mass is 473 g/mol. The Labute approximate surface area is 194 Å². The molecule has 1 saturated heterocycles. The third kappa shape index (κ3) is 3.37. The van der Waals surface area contributed by atoms with E-state index in [1.807, 2.05) is 31.0 Å². The van der Waals surface area contributed by atoms with Crippen LogP contribution in [0, 0.1) is 11.3 Å². The van der Waals surface area contributed by atoms with Crippen molar-refractivity contribution in [2.45, 2.75) is 45.6 Å². The topological polar surface area (TPSA) is 70.6 Å². The number of pyridine rings is 1. The summed E-state index contributed by atoms with van der Waals surface area (Å²) in [4.78, 5) is 19.4. The van der Waals surface area contributed by atoms with Gasteiger partial charge in [0.25, 0.3) is 5.91 Å². The fourth-order valence-electron chi connectivity index (χ4n) is 5.83. The number of halogens is 1. The van der Waals surface area contributed by atoms with Gasteiger partial charge in [-0.2, -0.15) is 0 Å². The summed E-state index contributed by atoms with van der Waals surface area (Å²) < 4.78 is 25.6. The number of carbonyl (C=O) groups excluding carboxylic acids is 1. The second kappa shape index (κ2) is 7.27. The number of hydrogen-bond donors (Lipinski definition) is 0. The Morgan fingerprint density at radius 1 is 1.16 bits per heavy atom. The molecule has 2 aliphatic heterocycles. The predicted molar refractivity (Wildman–Crippen MR) is 125 cm³/mol. The molecule has 3 heterocycles. The van der Waals surface area contributed by atoms with Gasteiger partial charge < -0.3 is 0 Å². The van der Waals surface area contributed by atoms with Crippen molar-refractivity contribution < 1.29 is 13.2 Å². The number of amides is 1. The summed E-state index contributed by atoms with van der Waals surface area (Å²) in [5.41, 5.74) is 3.17. The van der Waals surface area contributed by atoms with E-state index >= 15 is 0 Å². The molecule has 1 amide bonds. The van der Waals surface area contributed by atoms with E-state index in [9.17, 15) is 13.2 Å². The van der Waals surface area contributed by atoms with Crippen molar-refractivity contribution in [1.29, 1.82) is 0 Å². The van der Waals surface area contributed by atoms with Gasteiger partial charge in [0.15, 0.2) is 0 Å². The maximum atomic E-state index is 13.2. The van der Waals surface area contributed by atoms with Crippen molar-refractivity contribution >= 4 is 33.2 Å². The average molecular weight is 474 g/mol. The summed E-state index contributed by atoms with van der Waals surface area (Å²) in [7, 11) is -3.06. The van der Waals surface area contributed by atoms with E-state index in [-0.39, 0.29) is 17.1 Å². The minimum absolute atomic E-state index is 0.0325. The molecule has 170 valence electrons. The molecule has 8 heteroatoms. The molecule has 6 nitrogen and oxygen atoms in total. The van der Waals surface area contributed by atoms with Crippen molar-refractivity contribution in [3.63, 3.8) is 0 Å². The quantitative estimate of drug-likeness (QED) is 0.651. The Balaban J connectivity index is 1.28. The molecule has 2 aromatic rings. The SMILES string of the molecule is CCS(=O)(=O)N1CC2(CC(Cc3cncc(N4C(=O)c5ccc(Cl)cc5C4(C)C)c3)C2)C1. The first-order chi connectivity index (χ1) is 15.0. The summed E-state index contributed by atoms with van der Waals surface area (Å²) in [6.45, 7) is 7.08. The van der Waals surface area contributed by atoms with Crippen LogP contribution >= 0.6 is 11.6 Å². The second-order valence-corrected chi connectivity index (χ2v) is 12.8. The summed E-state index contributed by atoms with van der Waals surface area (Å²) in [5, 5.41) is 0.624. The Morgan fingerprint density at radius 2 is 1.88 bits per heavy atom. The minimum atomic E-state index is -3.06. The third-order valence-corrected chi connectivity index (χ3v) is 9.43. The summed E-state index contributed by atoms with van der Waals surface area (Å²) >= 11 is 6.20. The number of rotatable bonds is 5. The molecule has 0 atom stereocenters. The minimum Gasteiger partial charge on any atom is -0.297 e. The third-order valence-electron chi connectivity index (χ3n) is 7.42. The van der Waals surface area contributed by atoms with Gasteiger partial charge in [0, 0.05) is 29.9 Å². The molecule has 1 saturated carbocycles. The predicted octanol–water partition coefficient (Wildman–Crippen LogP) is 4.23. The number of hydrogen-bond acceptors (Lipinski definition) is 4. The number of anilines is 1. The Hall–Kier alpha value is -1.96. The van der Waals surface area contributed by atoms with Crippen LogP contribution in [0.3, 0.4) is 0 Å². The highest BCUT2D eigenvalue weighted by atomic mass is 35.5. The van der Waals surface area contributed by atoms with Gasteiger partial charge in [-0.1, -0.05) is 11.6 Å². The van der Waals surface area contributed by atoms with Crippen LogP contribution in [0.25, 0.3) is 0 Å². The number of nitrogens with zero attached hydrogens (tertiary/aromatic N) is 3. The molecule has 0 unspecified atom stereocenters. The molecule has 1 spiro atoms. The first kappa shape index (κ1) is 21.9. The largest absolute Gasteiger partial charge is 0.297 e. The fourth-order valence-corrected chi connectivity index (χ4v) is 7.31. The first-order valence-corrected chi connectivity index (χ1v) is 13.1. The van der Waals surface area contributed by atoms with Crippen LogP contribution in [-0.4, -0.2) is 42.5 Å². The molecule has 2 fully saturated rings. The van der Waals surface area contributed by atoms with Crippen molar-refractivity contribution in [2.75, 3.05) is 23.7 Å². The molecule has 3 aliphatic rings. The van der Waals surface area contributed by atoms with E-state index in [1.54, 1.807) is 29.6 Å². The summed E-state index contributed by atoms with van der Waals surface area (Å²) in [6.07, 6.45) is 6.61. The smallest absolute Gasteiger partial charge is 0.259 e. The second-order valence-electron chi connectivity index (χ2n) is 10.1. The Kier molecular flexibility index (Phi) is 4.97. The lowest BCUT2D eigenvalue weighted by Crippen LogP contribution is -2.64. The molecule has 1 aliphatic carbocycles. The molecular weight excluding hydrogens is 446 g/mol. The zero-order chi connectivity index (χ0) is 22.9. The van der Waals surface area contributed by atoms with E-state index in [0.29, 0.717) is 29.6 Å². The van der Waals surface area contributed by atoms with Gasteiger partial charge in [-0.05, 0) is 86.8 Å². The van der Waals surface area contributed by atoms with E-state index in [1.165, 1.54) is 0 Å². The van der Waals surface area contributed by atoms with Crippen LogP contribution in [0.5, 0.6) is 0 Å². The van der Waals surface area contributed by atoms with Gasteiger partial charge >= 0.3 is 0 Å². The molecule has 0 bridgehead atoms. The highest BCUT2D eigenvalue weighted by molar-refractivity contribution is 7.89. The lowest BCUT2D eigenvalue weighted by atomic mass is 9.57. The lowest BCUT2D eigenvalue weighted by molar-refractivity contribution is -0.0521. The van der Waals surface area contributed by atoms with Crippen molar-refractivity contribution in [2.24, 2.45) is 11.3 Å². The zero-order valence-electron chi connectivity index (χ0n) is 18.6. The average Bonchev–Trinajstić information content (AvgIpc) is 2.87. The van der Waals surface area contributed by atoms with Crippen LogP contribution in [0.4, 0.5) is 5.69 Å². The van der Waals surface area contributed by atoms with Gasteiger partial charge in [0.1, 0.15) is 0 Å². The standard InChI is InChI=1S/C24H28ClN3O3S/c1-4-32(30,31)27-14-24(15-27)10-17(11-24)7-16-8-19(13-26-12-16)28-22(29)20-6-5-18(25)9-21(20)23(28,2)3/h5-6,8-9,12-13,17H,4,7,10-11,14-15H2,1-3H3. The van der Waals surface area contributed by atoms with E-state index in [2.05, 4.69) is 11.1 Å². The summed E-state index contributed by atoms with van der Waals surface area (Å²) in [6, 6.07) is 7.50. The number of fused-ring (bicyclic) bond motifs is 1. The van der Waals surface area contributed by atoms with Crippen molar-refractivity contribution in [3.05, 3.63) is 58.4 Å². The van der Waals surface area contributed by atoms with Crippen LogP contribution in [0.1, 0.15) is 55.1 Å². The normalized spacial score (nSPS) is 22.0. The fraction of sp³-hybridized carbons (Fsp3) is 0.500. The number of carbonyl (C=O) groups is 1. The van der Waals surface area contributed by atoms with Crippen LogP contribution < -0.4 is 4.90 Å². The van der Waals surface area contributed by atoms with Crippen molar-refractivity contribution in [1.82, 2.24) is 9.29 Å². The molecule has 5 rings (SSSR count). The van der Waals surface area contributed by atoms with Gasteiger partial charge in [-0.15, -0.1) is 0 Å². The van der Waals surface area contributed by atoms with Crippen molar-refractivity contribution in [3.8, 4) is 0 Å². The first-order valence-electron chi connectivity index (χ1n) is 11.1. The number of benzene rings is 1. The summed E-state index contributed by atoms with van der Waals surface area (Å²) in [5.74, 6) is 0.666. The van der Waals surface area contributed by atoms with Gasteiger partial charge in [0.2, 0.25) is 10.0 Å². The molecule has 1 aromatic carbocycles. The van der Waals surface area contributed by atoms with Crippen LogP contribution in [0.2, 0.25) is 5.02 Å². The van der Waals surface area contributed by atoms with E-state index < -0.39 is 15.6 Å². The molecule has 0 radical (unpaired) electrons.